The van der Waals surface area contributed by atoms with E-state index < -0.39 is 24.0 Å². The van der Waals surface area contributed by atoms with Crippen LogP contribution < -0.4 is 4.52 Å². The van der Waals surface area contributed by atoms with Crippen LogP contribution in [0.15, 0.2) is 24.3 Å². The van der Waals surface area contributed by atoms with Gasteiger partial charge in [0, 0.05) is 6.07 Å². The van der Waals surface area contributed by atoms with Crippen LogP contribution in [0.4, 0.5) is 5.69 Å². The lowest BCUT2D eigenvalue weighted by Crippen LogP contribution is -1.95. The number of nitro groups is 1. The standard InChI is InChI=1S/C7H5N2O5P/c8-5-15(12,13)14-7-4-2-1-3-6(7)9(10)11/h1-4H,(H,12,13). The third-order valence-corrected chi connectivity index (χ3v) is 2.11. The van der Waals surface area contributed by atoms with E-state index in [1.807, 2.05) is 0 Å². The molecule has 78 valence electrons. The van der Waals surface area contributed by atoms with E-state index in [0.717, 1.165) is 17.9 Å². The van der Waals surface area contributed by atoms with Crippen LogP contribution in [-0.2, 0) is 4.57 Å². The molecule has 0 saturated heterocycles. The Morgan fingerprint density at radius 2 is 2.13 bits per heavy atom. The van der Waals surface area contributed by atoms with E-state index in [2.05, 4.69) is 4.52 Å². The predicted octanol–water partition coefficient (Wildman–Crippen LogP) is 1.64. The fourth-order valence-electron chi connectivity index (χ4n) is 0.839. The van der Waals surface area contributed by atoms with Crippen molar-refractivity contribution in [3.05, 3.63) is 34.4 Å². The second kappa shape index (κ2) is 4.09. The van der Waals surface area contributed by atoms with Crippen molar-refractivity contribution in [1.82, 2.24) is 0 Å². The lowest BCUT2D eigenvalue weighted by Gasteiger charge is -2.05. The van der Waals surface area contributed by atoms with E-state index in [1.54, 1.807) is 0 Å². The molecule has 0 bridgehead atoms. The molecule has 0 heterocycles. The molecule has 0 aliphatic carbocycles. The number of hydrogen-bond donors (Lipinski definition) is 1. The van der Waals surface area contributed by atoms with Crippen LogP contribution in [0.1, 0.15) is 0 Å². The van der Waals surface area contributed by atoms with Gasteiger partial charge in [0.2, 0.25) is 5.75 Å². The first kappa shape index (κ1) is 11.2. The average Bonchev–Trinajstić information content (AvgIpc) is 2.18. The number of para-hydroxylation sites is 2. The molecule has 1 N–H and O–H groups in total. The molecule has 7 nitrogen and oxygen atoms in total. The minimum atomic E-state index is -4.46. The highest BCUT2D eigenvalue weighted by molar-refractivity contribution is 7.58. The lowest BCUT2D eigenvalue weighted by atomic mass is 10.3. The molecule has 0 radical (unpaired) electrons. The van der Waals surface area contributed by atoms with E-state index in [0.29, 0.717) is 0 Å². The van der Waals surface area contributed by atoms with Crippen molar-refractivity contribution in [3.63, 3.8) is 0 Å². The maximum Gasteiger partial charge on any atom is 0.480 e. The van der Waals surface area contributed by atoms with Crippen LogP contribution in [0.5, 0.6) is 5.75 Å². The lowest BCUT2D eigenvalue weighted by molar-refractivity contribution is -0.385. The van der Waals surface area contributed by atoms with Gasteiger partial charge < -0.3 is 9.42 Å². The molecule has 15 heavy (non-hydrogen) atoms. The SMILES string of the molecule is N#CP(=O)(O)Oc1ccccc1[N+](=O)[O-]. The summed E-state index contributed by atoms with van der Waals surface area (Å²) in [5.41, 5.74) is -0.470. The summed E-state index contributed by atoms with van der Waals surface area (Å²) in [4.78, 5) is 18.5. The van der Waals surface area contributed by atoms with Crippen LogP contribution in [0.2, 0.25) is 0 Å². The van der Waals surface area contributed by atoms with Gasteiger partial charge in [0.1, 0.15) is 0 Å². The molecule has 1 unspecified atom stereocenters. The van der Waals surface area contributed by atoms with Crippen molar-refractivity contribution >= 4 is 13.3 Å². The second-order valence-electron chi connectivity index (χ2n) is 2.44. The van der Waals surface area contributed by atoms with Gasteiger partial charge in [-0.3, -0.25) is 10.1 Å². The summed E-state index contributed by atoms with van der Waals surface area (Å²) < 4.78 is 15.2. The van der Waals surface area contributed by atoms with E-state index in [1.165, 1.54) is 12.1 Å². The third-order valence-electron chi connectivity index (χ3n) is 1.41. The zero-order valence-corrected chi connectivity index (χ0v) is 8.13. The monoisotopic (exact) mass is 228 g/mol. The predicted molar refractivity (Wildman–Crippen MR) is 49.2 cm³/mol. The summed E-state index contributed by atoms with van der Waals surface area (Å²) >= 11 is 0. The topological polar surface area (TPSA) is 113 Å². The Kier molecular flexibility index (Phi) is 3.04. The molecule has 1 aromatic rings. The number of benzene rings is 1. The first-order valence-electron chi connectivity index (χ1n) is 3.63. The number of nitriles is 1. The summed E-state index contributed by atoms with van der Waals surface area (Å²) in [5, 5.41) is 18.7. The summed E-state index contributed by atoms with van der Waals surface area (Å²) in [6.07, 6.45) is 0. The summed E-state index contributed by atoms with van der Waals surface area (Å²) in [6.45, 7) is 0. The van der Waals surface area contributed by atoms with Gasteiger partial charge in [-0.15, -0.1) is 0 Å². The van der Waals surface area contributed by atoms with Crippen LogP contribution >= 0.6 is 7.60 Å². The number of nitro benzene ring substituents is 1. The molecule has 1 rings (SSSR count). The van der Waals surface area contributed by atoms with E-state index in [4.69, 9.17) is 10.2 Å². The van der Waals surface area contributed by atoms with Gasteiger partial charge in [-0.25, -0.2) is 4.57 Å². The van der Waals surface area contributed by atoms with Gasteiger partial charge >= 0.3 is 13.3 Å². The first-order valence-corrected chi connectivity index (χ1v) is 5.21. The smallest absolute Gasteiger partial charge is 0.407 e. The Labute approximate surface area is 84.2 Å². The van der Waals surface area contributed by atoms with Crippen LogP contribution in [0.3, 0.4) is 0 Å². The fraction of sp³-hybridized carbons (Fsp3) is 0. The molecule has 0 spiro atoms. The number of nitrogens with zero attached hydrogens (tertiary/aromatic N) is 2. The zero-order valence-electron chi connectivity index (χ0n) is 7.23. The Morgan fingerprint density at radius 1 is 1.53 bits per heavy atom. The number of hydrogen-bond acceptors (Lipinski definition) is 5. The highest BCUT2D eigenvalue weighted by Crippen LogP contribution is 2.43. The van der Waals surface area contributed by atoms with Gasteiger partial charge in [0.15, 0.2) is 5.81 Å². The van der Waals surface area contributed by atoms with Crippen molar-refractivity contribution < 1.29 is 18.9 Å². The highest BCUT2D eigenvalue weighted by atomic mass is 31.2. The van der Waals surface area contributed by atoms with Crippen LogP contribution in [0.25, 0.3) is 0 Å². The summed E-state index contributed by atoms with van der Waals surface area (Å²) in [6, 6.07) is 5.00. The molecular formula is C7H5N2O5P. The van der Waals surface area contributed by atoms with E-state index >= 15 is 0 Å². The largest absolute Gasteiger partial charge is 0.480 e. The first-order chi connectivity index (χ1) is 6.96. The molecule has 1 atom stereocenters. The minimum absolute atomic E-state index is 0.408. The fourth-order valence-corrected chi connectivity index (χ4v) is 1.30. The van der Waals surface area contributed by atoms with Crippen molar-refractivity contribution in [1.29, 1.82) is 5.26 Å². The molecule has 0 aromatic heterocycles. The maximum absolute atomic E-state index is 10.9. The Morgan fingerprint density at radius 3 is 2.67 bits per heavy atom. The normalized spacial score (nSPS) is 13.6. The maximum atomic E-state index is 10.9. The van der Waals surface area contributed by atoms with Crippen LogP contribution in [-0.4, -0.2) is 9.82 Å². The van der Waals surface area contributed by atoms with E-state index in [-0.39, 0.29) is 0 Å². The summed E-state index contributed by atoms with van der Waals surface area (Å²) in [5.74, 6) is 0.615. The molecule has 0 saturated carbocycles. The zero-order chi connectivity index (χ0) is 11.5. The van der Waals surface area contributed by atoms with Crippen molar-refractivity contribution in [2.24, 2.45) is 0 Å². The average molecular weight is 228 g/mol. The Balaban J connectivity index is 3.12. The van der Waals surface area contributed by atoms with Crippen molar-refractivity contribution in [2.75, 3.05) is 0 Å². The Bertz CT molecular complexity index is 481. The molecule has 0 aliphatic heterocycles. The van der Waals surface area contributed by atoms with Crippen LogP contribution in [0, 0.1) is 21.2 Å². The highest BCUT2D eigenvalue weighted by Gasteiger charge is 2.25. The van der Waals surface area contributed by atoms with E-state index in [9.17, 15) is 14.7 Å². The van der Waals surface area contributed by atoms with Crippen molar-refractivity contribution in [3.8, 4) is 11.6 Å². The quantitative estimate of drug-likeness (QED) is 0.477. The van der Waals surface area contributed by atoms with Gasteiger partial charge in [0.25, 0.3) is 0 Å². The molecular weight excluding hydrogens is 223 g/mol. The van der Waals surface area contributed by atoms with Gasteiger partial charge in [0.05, 0.1) is 4.92 Å². The van der Waals surface area contributed by atoms with Gasteiger partial charge in [-0.2, -0.15) is 5.26 Å². The Hall–Kier alpha value is -1.90. The minimum Gasteiger partial charge on any atom is -0.407 e. The third kappa shape index (κ3) is 2.77. The molecule has 1 aromatic carbocycles. The molecule has 8 heteroatoms. The number of rotatable bonds is 3. The molecule has 0 amide bonds. The molecule has 0 aliphatic rings. The van der Waals surface area contributed by atoms with Crippen molar-refractivity contribution in [2.45, 2.75) is 0 Å². The van der Waals surface area contributed by atoms with Gasteiger partial charge in [-0.1, -0.05) is 12.1 Å². The molecule has 0 fully saturated rings. The summed E-state index contributed by atoms with van der Waals surface area (Å²) in [7, 11) is -4.46. The van der Waals surface area contributed by atoms with Gasteiger partial charge in [-0.05, 0) is 6.07 Å². The second-order valence-corrected chi connectivity index (χ2v) is 3.86.